The first-order chi connectivity index (χ1) is 8.59. The van der Waals surface area contributed by atoms with Crippen molar-refractivity contribution in [2.75, 3.05) is 19.6 Å². The fourth-order valence-corrected chi connectivity index (χ4v) is 3.62. The molecule has 18 heavy (non-hydrogen) atoms. The maximum Gasteiger partial charge on any atom is 0.215 e. The van der Waals surface area contributed by atoms with E-state index in [2.05, 4.69) is 10.0 Å². The Morgan fingerprint density at radius 1 is 1.39 bits per heavy atom. The maximum absolute atomic E-state index is 12.0. The lowest BCUT2D eigenvalue weighted by Gasteiger charge is -2.12. The number of hydrogen-bond donors (Lipinski definition) is 2. The number of nitrogens with one attached hydrogen (secondary N) is 2. The van der Waals surface area contributed by atoms with Crippen molar-refractivity contribution in [3.8, 4) is 0 Å². The summed E-state index contributed by atoms with van der Waals surface area (Å²) in [5, 5.41) is 2.81. The van der Waals surface area contributed by atoms with Gasteiger partial charge in [0.1, 0.15) is 0 Å². The van der Waals surface area contributed by atoms with Gasteiger partial charge >= 0.3 is 0 Å². The van der Waals surface area contributed by atoms with Crippen LogP contribution in [0.25, 0.3) is 0 Å². The van der Waals surface area contributed by atoms with Crippen molar-refractivity contribution in [2.45, 2.75) is 25.0 Å². The van der Waals surface area contributed by atoms with Crippen LogP contribution < -0.4 is 10.0 Å². The molecule has 2 rings (SSSR count). The summed E-state index contributed by atoms with van der Waals surface area (Å²) in [6.45, 7) is 3.89. The van der Waals surface area contributed by atoms with E-state index >= 15 is 0 Å². The molecule has 1 aliphatic rings. The highest BCUT2D eigenvalue weighted by Gasteiger charge is 2.27. The van der Waals surface area contributed by atoms with E-state index in [4.69, 9.17) is 0 Å². The molecule has 1 atom stereocenters. The fourth-order valence-electron chi connectivity index (χ4n) is 2.23. The molecule has 1 aliphatic heterocycles. The molecule has 1 saturated heterocycles. The molecule has 1 aromatic carbocycles. The molecule has 2 N–H and O–H groups in total. The second-order valence-corrected chi connectivity index (χ2v) is 6.78. The van der Waals surface area contributed by atoms with E-state index in [1.54, 1.807) is 0 Å². The molecule has 1 unspecified atom stereocenters. The molecule has 0 radical (unpaired) electrons. The van der Waals surface area contributed by atoms with Gasteiger partial charge in [0.05, 0.1) is 5.25 Å². The highest BCUT2D eigenvalue weighted by molar-refractivity contribution is 7.90. The summed E-state index contributed by atoms with van der Waals surface area (Å²) >= 11 is 0. The van der Waals surface area contributed by atoms with Gasteiger partial charge in [-0.05, 0) is 37.4 Å². The zero-order chi connectivity index (χ0) is 13.0. The zero-order valence-corrected chi connectivity index (χ0v) is 11.5. The topological polar surface area (TPSA) is 58.2 Å². The van der Waals surface area contributed by atoms with E-state index in [9.17, 15) is 8.42 Å². The summed E-state index contributed by atoms with van der Waals surface area (Å²) in [6, 6.07) is 8.07. The molecule has 0 aliphatic carbocycles. The average molecular weight is 268 g/mol. The van der Waals surface area contributed by atoms with Gasteiger partial charge < -0.3 is 5.32 Å². The zero-order valence-electron chi connectivity index (χ0n) is 10.6. The van der Waals surface area contributed by atoms with Gasteiger partial charge in [0.2, 0.25) is 10.0 Å². The molecule has 0 aromatic heterocycles. The van der Waals surface area contributed by atoms with Gasteiger partial charge in [-0.1, -0.05) is 24.3 Å². The number of rotatable bonds is 5. The highest BCUT2D eigenvalue weighted by atomic mass is 32.2. The molecular weight excluding hydrogens is 248 g/mol. The van der Waals surface area contributed by atoms with E-state index in [1.165, 1.54) is 11.1 Å². The van der Waals surface area contributed by atoms with Crippen LogP contribution in [0.3, 0.4) is 0 Å². The molecule has 1 aromatic rings. The summed E-state index contributed by atoms with van der Waals surface area (Å²) in [7, 11) is -3.16. The minimum absolute atomic E-state index is 0.269. The predicted molar refractivity (Wildman–Crippen MR) is 73.1 cm³/mol. The Morgan fingerprint density at radius 3 is 2.83 bits per heavy atom. The predicted octanol–water partition coefficient (Wildman–Crippen LogP) is 0.819. The molecular formula is C13H20N2O2S. The van der Waals surface area contributed by atoms with Gasteiger partial charge in [0.25, 0.3) is 0 Å². The van der Waals surface area contributed by atoms with Crippen LogP contribution in [0.2, 0.25) is 0 Å². The number of sulfonamides is 1. The lowest BCUT2D eigenvalue weighted by Crippen LogP contribution is -2.36. The summed E-state index contributed by atoms with van der Waals surface area (Å²) in [4.78, 5) is 0. The van der Waals surface area contributed by atoms with Crippen molar-refractivity contribution < 1.29 is 8.42 Å². The van der Waals surface area contributed by atoms with Crippen LogP contribution in [-0.2, 0) is 16.4 Å². The second kappa shape index (κ2) is 5.82. The molecule has 100 valence electrons. The summed E-state index contributed by atoms with van der Waals surface area (Å²) in [6.07, 6.45) is 1.45. The average Bonchev–Trinajstić information content (AvgIpc) is 2.86. The van der Waals surface area contributed by atoms with Crippen molar-refractivity contribution >= 4 is 10.0 Å². The molecule has 4 nitrogen and oxygen atoms in total. The number of hydrogen-bond acceptors (Lipinski definition) is 3. The van der Waals surface area contributed by atoms with Crippen molar-refractivity contribution in [2.24, 2.45) is 0 Å². The molecule has 1 heterocycles. The van der Waals surface area contributed by atoms with Crippen molar-refractivity contribution in [3.05, 3.63) is 35.4 Å². The molecule has 1 fully saturated rings. The summed E-state index contributed by atoms with van der Waals surface area (Å²) in [5.74, 6) is 0. The third-order valence-electron chi connectivity index (χ3n) is 3.41. The first kappa shape index (κ1) is 13.5. The monoisotopic (exact) mass is 268 g/mol. The molecule has 0 spiro atoms. The third-order valence-corrected chi connectivity index (χ3v) is 5.30. The molecule has 5 heteroatoms. The van der Waals surface area contributed by atoms with E-state index in [0.717, 1.165) is 13.0 Å². The summed E-state index contributed by atoms with van der Waals surface area (Å²) in [5.41, 5.74) is 2.41. The van der Waals surface area contributed by atoms with Gasteiger partial charge in [-0.3, -0.25) is 0 Å². The van der Waals surface area contributed by atoms with Gasteiger partial charge in [0.15, 0.2) is 0 Å². The van der Waals surface area contributed by atoms with Crippen LogP contribution in [0.1, 0.15) is 17.5 Å². The highest BCUT2D eigenvalue weighted by Crippen LogP contribution is 2.10. The molecule has 0 amide bonds. The smallest absolute Gasteiger partial charge is 0.215 e. The quantitative estimate of drug-likeness (QED) is 0.831. The lowest BCUT2D eigenvalue weighted by atomic mass is 10.1. The van der Waals surface area contributed by atoms with Crippen LogP contribution in [0.5, 0.6) is 0 Å². The second-order valence-electron chi connectivity index (χ2n) is 4.73. The Kier molecular flexibility index (Phi) is 4.37. The van der Waals surface area contributed by atoms with Crippen LogP contribution in [0.15, 0.2) is 24.3 Å². The largest absolute Gasteiger partial charge is 0.315 e. The van der Waals surface area contributed by atoms with Crippen LogP contribution >= 0.6 is 0 Å². The fraction of sp³-hybridized carbons (Fsp3) is 0.538. The Balaban J connectivity index is 1.87. The Hall–Kier alpha value is -0.910. The SMILES string of the molecule is Cc1ccccc1CCNS(=O)(=O)C1CCNC1. The van der Waals surface area contributed by atoms with E-state index in [0.29, 0.717) is 19.5 Å². The minimum Gasteiger partial charge on any atom is -0.315 e. The molecule has 0 saturated carbocycles. The van der Waals surface area contributed by atoms with Gasteiger partial charge in [0, 0.05) is 13.1 Å². The first-order valence-electron chi connectivity index (χ1n) is 6.33. The standard InChI is InChI=1S/C13H20N2O2S/c1-11-4-2-3-5-12(11)6-9-15-18(16,17)13-7-8-14-10-13/h2-5,13-15H,6-10H2,1H3. The molecule has 0 bridgehead atoms. The Labute approximate surface area is 109 Å². The van der Waals surface area contributed by atoms with Crippen LogP contribution in [0, 0.1) is 6.92 Å². The minimum atomic E-state index is -3.16. The van der Waals surface area contributed by atoms with E-state index in [-0.39, 0.29) is 5.25 Å². The normalized spacial score (nSPS) is 20.2. The lowest BCUT2D eigenvalue weighted by molar-refractivity contribution is 0.568. The van der Waals surface area contributed by atoms with Crippen LogP contribution in [-0.4, -0.2) is 33.3 Å². The Bertz CT molecular complexity index is 493. The van der Waals surface area contributed by atoms with Crippen LogP contribution in [0.4, 0.5) is 0 Å². The van der Waals surface area contributed by atoms with Crippen molar-refractivity contribution in [1.82, 2.24) is 10.0 Å². The van der Waals surface area contributed by atoms with Crippen molar-refractivity contribution in [3.63, 3.8) is 0 Å². The Morgan fingerprint density at radius 2 is 2.17 bits per heavy atom. The number of aryl methyl sites for hydroxylation is 1. The first-order valence-corrected chi connectivity index (χ1v) is 7.88. The van der Waals surface area contributed by atoms with Crippen molar-refractivity contribution in [1.29, 1.82) is 0 Å². The van der Waals surface area contributed by atoms with Gasteiger partial charge in [-0.2, -0.15) is 0 Å². The van der Waals surface area contributed by atoms with E-state index < -0.39 is 10.0 Å². The summed E-state index contributed by atoms with van der Waals surface area (Å²) < 4.78 is 26.6. The van der Waals surface area contributed by atoms with Gasteiger partial charge in [-0.15, -0.1) is 0 Å². The maximum atomic E-state index is 12.0. The van der Waals surface area contributed by atoms with E-state index in [1.807, 2.05) is 31.2 Å². The third kappa shape index (κ3) is 3.31. The van der Waals surface area contributed by atoms with Gasteiger partial charge in [-0.25, -0.2) is 13.1 Å². The number of benzene rings is 1.